The third-order valence-corrected chi connectivity index (χ3v) is 7.40. The van der Waals surface area contributed by atoms with E-state index in [1.54, 1.807) is 21.1 Å². The highest BCUT2D eigenvalue weighted by atomic mass is 35.5. The van der Waals surface area contributed by atoms with E-state index in [1.165, 1.54) is 11.8 Å². The molecule has 0 spiro atoms. The average Bonchev–Trinajstić information content (AvgIpc) is 3.31. The Bertz CT molecular complexity index is 1230. The largest absolute Gasteiger partial charge is 0.297 e. The zero-order valence-corrected chi connectivity index (χ0v) is 19.5. The molecule has 0 aliphatic carbocycles. The fourth-order valence-corrected chi connectivity index (χ4v) is 5.36. The molecule has 0 saturated heterocycles. The van der Waals surface area contributed by atoms with Crippen LogP contribution in [0.3, 0.4) is 0 Å². The first-order chi connectivity index (χ1) is 15.1. The maximum atomic E-state index is 13.2. The monoisotopic (exact) mass is 472 g/mol. The molecule has 2 aromatic carbocycles. The van der Waals surface area contributed by atoms with Crippen molar-refractivity contribution >= 4 is 35.1 Å². The molecule has 4 rings (SSSR count). The number of hydrogen-bond donors (Lipinski definition) is 0. The van der Waals surface area contributed by atoms with Gasteiger partial charge in [-0.05, 0) is 53.8 Å². The lowest BCUT2D eigenvalue weighted by Gasteiger charge is -2.07. The molecule has 2 aromatic heterocycles. The lowest BCUT2D eigenvalue weighted by atomic mass is 10.3. The van der Waals surface area contributed by atoms with Crippen LogP contribution in [0.15, 0.2) is 69.4 Å². The van der Waals surface area contributed by atoms with Crippen molar-refractivity contribution in [1.82, 2.24) is 29.6 Å². The van der Waals surface area contributed by atoms with E-state index >= 15 is 0 Å². The first-order valence-electron chi connectivity index (χ1n) is 9.71. The minimum atomic E-state index is -0.158. The zero-order valence-electron chi connectivity index (χ0n) is 17.1. The van der Waals surface area contributed by atoms with Gasteiger partial charge in [-0.2, -0.15) is 4.68 Å². The summed E-state index contributed by atoms with van der Waals surface area (Å²) in [5, 5.41) is 13.4. The summed E-state index contributed by atoms with van der Waals surface area (Å²) >= 11 is 9.48. The summed E-state index contributed by atoms with van der Waals surface area (Å²) in [4.78, 5) is 14.3. The molecule has 4 aromatic rings. The van der Waals surface area contributed by atoms with Crippen molar-refractivity contribution in [2.75, 3.05) is 11.5 Å². The number of benzene rings is 2. The van der Waals surface area contributed by atoms with E-state index in [0.717, 1.165) is 39.2 Å². The minimum absolute atomic E-state index is 0.158. The van der Waals surface area contributed by atoms with Gasteiger partial charge in [0.15, 0.2) is 5.69 Å². The second-order valence-electron chi connectivity index (χ2n) is 6.76. The van der Waals surface area contributed by atoms with Gasteiger partial charge in [-0.1, -0.05) is 53.7 Å². The van der Waals surface area contributed by atoms with Crippen molar-refractivity contribution in [2.45, 2.75) is 23.4 Å². The SMILES string of the molecule is Cc1c(-n2nnnc2SCCCSc2ccccc2Cl)c(=O)n(-c2ccccc2)n1C. The highest BCUT2D eigenvalue weighted by molar-refractivity contribution is 8.00. The number of aromatic nitrogens is 6. The van der Waals surface area contributed by atoms with E-state index in [-0.39, 0.29) is 5.56 Å². The molecule has 2 heterocycles. The fourth-order valence-electron chi connectivity index (χ4n) is 3.17. The van der Waals surface area contributed by atoms with Crippen molar-refractivity contribution in [2.24, 2.45) is 7.05 Å². The summed E-state index contributed by atoms with van der Waals surface area (Å²) in [7, 11) is 1.86. The Morgan fingerprint density at radius 1 is 1.00 bits per heavy atom. The smallest absolute Gasteiger partial charge is 0.283 e. The second kappa shape index (κ2) is 9.76. The third-order valence-electron chi connectivity index (χ3n) is 4.79. The molecule has 0 unspecified atom stereocenters. The van der Waals surface area contributed by atoms with Crippen LogP contribution in [-0.2, 0) is 7.05 Å². The molecule has 0 N–H and O–H groups in total. The molecule has 0 aliphatic heterocycles. The number of para-hydroxylation sites is 1. The summed E-state index contributed by atoms with van der Waals surface area (Å²) in [6.07, 6.45) is 0.954. The topological polar surface area (TPSA) is 70.5 Å². The Kier molecular flexibility index (Phi) is 6.84. The Balaban J connectivity index is 1.48. The molecular weight excluding hydrogens is 452 g/mol. The van der Waals surface area contributed by atoms with E-state index in [4.69, 9.17) is 11.6 Å². The Morgan fingerprint density at radius 2 is 1.71 bits per heavy atom. The van der Waals surface area contributed by atoms with E-state index in [9.17, 15) is 4.79 Å². The van der Waals surface area contributed by atoms with Gasteiger partial charge >= 0.3 is 0 Å². The van der Waals surface area contributed by atoms with Gasteiger partial charge in [0.1, 0.15) is 0 Å². The normalized spacial score (nSPS) is 11.2. The summed E-state index contributed by atoms with van der Waals surface area (Å²) in [5.41, 5.74) is 1.89. The van der Waals surface area contributed by atoms with Crippen molar-refractivity contribution in [3.8, 4) is 11.4 Å². The maximum absolute atomic E-state index is 13.2. The number of tetrazole rings is 1. The van der Waals surface area contributed by atoms with Gasteiger partial charge in [0.05, 0.1) is 16.4 Å². The zero-order chi connectivity index (χ0) is 21.8. The van der Waals surface area contributed by atoms with Gasteiger partial charge in [0, 0.05) is 17.7 Å². The summed E-state index contributed by atoms with van der Waals surface area (Å²) in [5.74, 6) is 1.76. The van der Waals surface area contributed by atoms with Crippen LogP contribution in [0, 0.1) is 6.92 Å². The number of rotatable bonds is 8. The standard InChI is InChI=1S/C21H21ClN6OS2/c1-15-19(20(29)28(26(15)2)16-9-4-3-5-10-16)27-21(23-24-25-27)31-14-8-13-30-18-12-7-6-11-17(18)22/h3-7,9-12H,8,13-14H2,1-2H3. The molecule has 31 heavy (non-hydrogen) atoms. The first-order valence-corrected chi connectivity index (χ1v) is 12.1. The van der Waals surface area contributed by atoms with Crippen molar-refractivity contribution in [1.29, 1.82) is 0 Å². The molecule has 0 radical (unpaired) electrons. The van der Waals surface area contributed by atoms with Crippen LogP contribution < -0.4 is 5.56 Å². The molecule has 0 saturated carbocycles. The van der Waals surface area contributed by atoms with Crippen molar-refractivity contribution in [3.05, 3.63) is 75.7 Å². The van der Waals surface area contributed by atoms with Crippen LogP contribution >= 0.6 is 35.1 Å². The number of thioether (sulfide) groups is 2. The average molecular weight is 473 g/mol. The van der Waals surface area contributed by atoms with Gasteiger partial charge < -0.3 is 0 Å². The van der Waals surface area contributed by atoms with E-state index in [0.29, 0.717) is 10.8 Å². The summed E-state index contributed by atoms with van der Waals surface area (Å²) in [6, 6.07) is 17.4. The fraction of sp³-hybridized carbons (Fsp3) is 0.238. The Hall–Kier alpha value is -2.49. The van der Waals surface area contributed by atoms with E-state index in [1.807, 2.05) is 73.3 Å². The van der Waals surface area contributed by atoms with E-state index in [2.05, 4.69) is 15.5 Å². The van der Waals surface area contributed by atoms with Crippen LogP contribution in [0.5, 0.6) is 0 Å². The number of hydrogen-bond acceptors (Lipinski definition) is 6. The van der Waals surface area contributed by atoms with Crippen molar-refractivity contribution < 1.29 is 0 Å². The van der Waals surface area contributed by atoms with Gasteiger partial charge in [-0.25, -0.2) is 4.68 Å². The molecule has 0 atom stereocenters. The van der Waals surface area contributed by atoms with Gasteiger partial charge in [-0.3, -0.25) is 9.48 Å². The molecule has 7 nitrogen and oxygen atoms in total. The Morgan fingerprint density at radius 3 is 2.48 bits per heavy atom. The first kappa shape index (κ1) is 21.7. The maximum Gasteiger partial charge on any atom is 0.297 e. The molecule has 10 heteroatoms. The minimum Gasteiger partial charge on any atom is -0.283 e. The van der Waals surface area contributed by atoms with Crippen LogP contribution in [0.2, 0.25) is 5.02 Å². The van der Waals surface area contributed by atoms with Crippen molar-refractivity contribution in [3.63, 3.8) is 0 Å². The summed E-state index contributed by atoms with van der Waals surface area (Å²) < 4.78 is 4.99. The number of nitrogens with zero attached hydrogens (tertiary/aromatic N) is 6. The molecule has 0 fully saturated rings. The third kappa shape index (κ3) is 4.58. The Labute approximate surface area is 193 Å². The van der Waals surface area contributed by atoms with Gasteiger partial charge in [0.25, 0.3) is 5.56 Å². The summed E-state index contributed by atoms with van der Waals surface area (Å²) in [6.45, 7) is 1.90. The highest BCUT2D eigenvalue weighted by Gasteiger charge is 2.21. The van der Waals surface area contributed by atoms with Gasteiger partial charge in [-0.15, -0.1) is 16.9 Å². The predicted octanol–water partition coefficient (Wildman–Crippen LogP) is 4.39. The lowest BCUT2D eigenvalue weighted by Crippen LogP contribution is -2.22. The molecule has 0 amide bonds. The quantitative estimate of drug-likeness (QED) is 0.280. The van der Waals surface area contributed by atoms with Crippen LogP contribution in [0.4, 0.5) is 0 Å². The van der Waals surface area contributed by atoms with Crippen LogP contribution in [-0.4, -0.2) is 41.1 Å². The second-order valence-corrected chi connectivity index (χ2v) is 9.37. The molecule has 0 aliphatic rings. The van der Waals surface area contributed by atoms with Gasteiger partial charge in [0.2, 0.25) is 5.16 Å². The molecule has 0 bridgehead atoms. The van der Waals surface area contributed by atoms with Crippen LogP contribution in [0.25, 0.3) is 11.4 Å². The van der Waals surface area contributed by atoms with Crippen LogP contribution in [0.1, 0.15) is 12.1 Å². The molecule has 160 valence electrons. The number of halogens is 1. The predicted molar refractivity (Wildman–Crippen MR) is 126 cm³/mol. The lowest BCUT2D eigenvalue weighted by molar-refractivity contribution is 0.630. The van der Waals surface area contributed by atoms with E-state index < -0.39 is 0 Å². The molecular formula is C21H21ClN6OS2. The highest BCUT2D eigenvalue weighted by Crippen LogP contribution is 2.28.